The van der Waals surface area contributed by atoms with Crippen molar-refractivity contribution in [2.45, 2.75) is 25.5 Å². The predicted octanol–water partition coefficient (Wildman–Crippen LogP) is 2.36. The van der Waals surface area contributed by atoms with Crippen LogP contribution in [0.5, 0.6) is 0 Å². The van der Waals surface area contributed by atoms with Gasteiger partial charge in [-0.3, -0.25) is 0 Å². The van der Waals surface area contributed by atoms with Crippen LogP contribution in [-0.4, -0.2) is 4.75 Å². The molecule has 0 amide bonds. The quantitative estimate of drug-likeness (QED) is 0.468. The van der Waals surface area contributed by atoms with Gasteiger partial charge in [0.2, 0.25) is 0 Å². The SMILES string of the molecule is CC(C)(C)S.[S]. The first kappa shape index (κ1) is 9.85. The third kappa shape index (κ3) is 131. The minimum absolute atomic E-state index is 0. The summed E-state index contributed by atoms with van der Waals surface area (Å²) in [5.74, 6) is 0. The fourth-order valence-electron chi connectivity index (χ4n) is 0. The highest BCUT2D eigenvalue weighted by molar-refractivity contribution is 7.81. The predicted molar refractivity (Wildman–Crippen MR) is 36.3 cm³/mol. The first-order valence-electron chi connectivity index (χ1n) is 1.72. The zero-order chi connectivity index (χ0) is 4.50. The monoisotopic (exact) mass is 122 g/mol. The molecular formula is C4H10S2. The average Bonchev–Trinajstić information content (AvgIpc) is 0.722. The summed E-state index contributed by atoms with van der Waals surface area (Å²) >= 11 is 4.12. The molecule has 0 saturated carbocycles. The Balaban J connectivity index is 0. The Morgan fingerprint density at radius 1 is 1.17 bits per heavy atom. The molecule has 0 aliphatic carbocycles. The van der Waals surface area contributed by atoms with Crippen LogP contribution in [0, 0.1) is 0 Å². The lowest BCUT2D eigenvalue weighted by atomic mass is 10.3. The Kier molecular flexibility index (Phi) is 4.61. The fraction of sp³-hybridized carbons (Fsp3) is 1.00. The molecule has 2 radical (unpaired) electrons. The second-order valence-corrected chi connectivity index (χ2v) is 3.51. The van der Waals surface area contributed by atoms with E-state index in [1.165, 1.54) is 0 Å². The standard InChI is InChI=1S/C4H10S.S/c1-4(2,3)5;/h5H,1-3H3;. The molecule has 6 heavy (non-hydrogen) atoms. The summed E-state index contributed by atoms with van der Waals surface area (Å²) in [5.41, 5.74) is 0. The number of hydrogen-bond acceptors (Lipinski definition) is 1. The minimum Gasteiger partial charge on any atom is -0.173 e. The van der Waals surface area contributed by atoms with E-state index >= 15 is 0 Å². The molecule has 0 aliphatic heterocycles. The molecule has 0 unspecified atom stereocenters. The van der Waals surface area contributed by atoms with Crippen LogP contribution < -0.4 is 0 Å². The van der Waals surface area contributed by atoms with Gasteiger partial charge in [-0.05, 0) is 0 Å². The van der Waals surface area contributed by atoms with Crippen molar-refractivity contribution in [3.8, 4) is 0 Å². The van der Waals surface area contributed by atoms with Gasteiger partial charge in [-0.15, -0.1) is 0 Å². The molecular weight excluding hydrogens is 112 g/mol. The maximum Gasteiger partial charge on any atom is 0.00449 e. The Morgan fingerprint density at radius 3 is 1.17 bits per heavy atom. The molecule has 0 bridgehead atoms. The molecule has 0 aromatic rings. The van der Waals surface area contributed by atoms with Crippen LogP contribution in [0.1, 0.15) is 20.8 Å². The third-order valence-corrected chi connectivity index (χ3v) is 0. The second kappa shape index (κ2) is 2.80. The van der Waals surface area contributed by atoms with Crippen LogP contribution in [0.2, 0.25) is 0 Å². The van der Waals surface area contributed by atoms with Gasteiger partial charge in [0, 0.05) is 18.2 Å². The van der Waals surface area contributed by atoms with Crippen molar-refractivity contribution >= 4 is 26.1 Å². The summed E-state index contributed by atoms with van der Waals surface area (Å²) in [6, 6.07) is 0. The highest BCUT2D eigenvalue weighted by atomic mass is 32.1. The van der Waals surface area contributed by atoms with E-state index < -0.39 is 0 Å². The van der Waals surface area contributed by atoms with E-state index in [4.69, 9.17) is 0 Å². The van der Waals surface area contributed by atoms with E-state index in [2.05, 4.69) is 33.4 Å². The van der Waals surface area contributed by atoms with Gasteiger partial charge in [-0.2, -0.15) is 12.6 Å². The first-order chi connectivity index (χ1) is 2.00. The largest absolute Gasteiger partial charge is 0.173 e. The molecule has 38 valence electrons. The van der Waals surface area contributed by atoms with Crippen LogP contribution >= 0.6 is 26.1 Å². The van der Waals surface area contributed by atoms with Gasteiger partial charge in [0.1, 0.15) is 0 Å². The summed E-state index contributed by atoms with van der Waals surface area (Å²) in [6.07, 6.45) is 0. The van der Waals surface area contributed by atoms with Crippen LogP contribution in [0.25, 0.3) is 0 Å². The molecule has 0 spiro atoms. The van der Waals surface area contributed by atoms with Crippen molar-refractivity contribution in [1.29, 1.82) is 0 Å². The van der Waals surface area contributed by atoms with Crippen molar-refractivity contribution < 1.29 is 0 Å². The van der Waals surface area contributed by atoms with Gasteiger partial charge >= 0.3 is 0 Å². The molecule has 0 aliphatic rings. The van der Waals surface area contributed by atoms with Crippen molar-refractivity contribution in [3.05, 3.63) is 0 Å². The van der Waals surface area contributed by atoms with Crippen molar-refractivity contribution in [2.75, 3.05) is 0 Å². The van der Waals surface area contributed by atoms with Gasteiger partial charge < -0.3 is 0 Å². The van der Waals surface area contributed by atoms with Crippen LogP contribution in [0.4, 0.5) is 0 Å². The zero-order valence-corrected chi connectivity index (χ0v) is 6.07. The lowest BCUT2D eigenvalue weighted by Crippen LogP contribution is -1.99. The van der Waals surface area contributed by atoms with Crippen LogP contribution in [-0.2, 0) is 0 Å². The summed E-state index contributed by atoms with van der Waals surface area (Å²) in [4.78, 5) is 0. The van der Waals surface area contributed by atoms with Crippen LogP contribution in [0.15, 0.2) is 0 Å². The summed E-state index contributed by atoms with van der Waals surface area (Å²) < 4.78 is 0.194. The molecule has 0 atom stereocenters. The Hall–Kier alpha value is 0.700. The lowest BCUT2D eigenvalue weighted by Gasteiger charge is -2.04. The van der Waals surface area contributed by atoms with Crippen LogP contribution in [0.3, 0.4) is 0 Å². The smallest absolute Gasteiger partial charge is 0.00449 e. The van der Waals surface area contributed by atoms with Gasteiger partial charge in [-0.25, -0.2) is 0 Å². The molecule has 0 saturated heterocycles. The average molecular weight is 122 g/mol. The number of thiol groups is 1. The van der Waals surface area contributed by atoms with E-state index in [9.17, 15) is 0 Å². The molecule has 0 fully saturated rings. The van der Waals surface area contributed by atoms with Gasteiger partial charge in [0.15, 0.2) is 0 Å². The molecule has 0 N–H and O–H groups in total. The minimum atomic E-state index is 0. The highest BCUT2D eigenvalue weighted by Crippen LogP contribution is 2.07. The Labute approximate surface area is 52.2 Å². The first-order valence-corrected chi connectivity index (χ1v) is 2.17. The third-order valence-electron chi connectivity index (χ3n) is 0. The normalized spacial score (nSPS) is 10.0. The Bertz CT molecular complexity index is 21.0. The number of hydrogen-bond donors (Lipinski definition) is 1. The van der Waals surface area contributed by atoms with Crippen molar-refractivity contribution in [1.82, 2.24) is 0 Å². The molecule has 0 nitrogen and oxygen atoms in total. The Morgan fingerprint density at radius 2 is 1.17 bits per heavy atom. The summed E-state index contributed by atoms with van der Waals surface area (Å²) in [7, 11) is 0. The number of rotatable bonds is 0. The van der Waals surface area contributed by atoms with E-state index in [0.29, 0.717) is 0 Å². The van der Waals surface area contributed by atoms with E-state index in [1.807, 2.05) is 0 Å². The van der Waals surface area contributed by atoms with Gasteiger partial charge in [-0.1, -0.05) is 20.8 Å². The van der Waals surface area contributed by atoms with Gasteiger partial charge in [0.05, 0.1) is 0 Å². The molecule has 0 aromatic carbocycles. The molecule has 0 heterocycles. The summed E-state index contributed by atoms with van der Waals surface area (Å²) in [5, 5.41) is 0. The molecule has 2 heteroatoms. The van der Waals surface area contributed by atoms with Gasteiger partial charge in [0.25, 0.3) is 0 Å². The maximum atomic E-state index is 4.12. The molecule has 0 aromatic heterocycles. The zero-order valence-electron chi connectivity index (χ0n) is 4.36. The van der Waals surface area contributed by atoms with Crippen molar-refractivity contribution in [2.24, 2.45) is 0 Å². The van der Waals surface area contributed by atoms with E-state index in [-0.39, 0.29) is 18.2 Å². The van der Waals surface area contributed by atoms with Crippen molar-refractivity contribution in [3.63, 3.8) is 0 Å². The second-order valence-electron chi connectivity index (χ2n) is 2.17. The summed E-state index contributed by atoms with van der Waals surface area (Å²) in [6.45, 7) is 6.16. The fourth-order valence-corrected chi connectivity index (χ4v) is 0. The topological polar surface area (TPSA) is 0 Å². The molecule has 0 rings (SSSR count). The lowest BCUT2D eigenvalue weighted by molar-refractivity contribution is 0.812. The highest BCUT2D eigenvalue weighted by Gasteiger charge is 1.96. The van der Waals surface area contributed by atoms with E-state index in [0.717, 1.165) is 0 Å². The van der Waals surface area contributed by atoms with E-state index in [1.54, 1.807) is 0 Å². The maximum absolute atomic E-state index is 4.12.